The minimum absolute atomic E-state index is 0.114. The molecule has 0 aliphatic carbocycles. The quantitative estimate of drug-likeness (QED) is 0.916. The van der Waals surface area contributed by atoms with Crippen molar-refractivity contribution in [2.24, 2.45) is 0 Å². The molecular formula is C9H8BrF2N3. The Kier molecular flexibility index (Phi) is 2.60. The third-order valence-corrected chi connectivity index (χ3v) is 2.55. The van der Waals surface area contributed by atoms with Gasteiger partial charge in [0.1, 0.15) is 0 Å². The van der Waals surface area contributed by atoms with Gasteiger partial charge in [0.2, 0.25) is 5.95 Å². The van der Waals surface area contributed by atoms with Crippen LogP contribution in [0.1, 0.15) is 0 Å². The number of anilines is 1. The monoisotopic (exact) mass is 275 g/mol. The molecule has 0 fully saturated rings. The van der Waals surface area contributed by atoms with E-state index in [4.69, 9.17) is 5.73 Å². The van der Waals surface area contributed by atoms with Gasteiger partial charge in [0.05, 0.1) is 17.6 Å². The fraction of sp³-hybridized carbons (Fsp3) is 0.222. The molecule has 80 valence electrons. The molecule has 6 heteroatoms. The highest BCUT2D eigenvalue weighted by Crippen LogP contribution is 2.22. The Morgan fingerprint density at radius 1 is 1.47 bits per heavy atom. The molecule has 0 saturated carbocycles. The van der Waals surface area contributed by atoms with Crippen molar-refractivity contribution >= 4 is 32.9 Å². The Labute approximate surface area is 93.0 Å². The van der Waals surface area contributed by atoms with Crippen molar-refractivity contribution < 1.29 is 8.78 Å². The number of halogens is 3. The number of hydrogen-bond acceptors (Lipinski definition) is 2. The largest absolute Gasteiger partial charge is 0.369 e. The Morgan fingerprint density at radius 2 is 2.20 bits per heavy atom. The van der Waals surface area contributed by atoms with Gasteiger partial charge in [-0.2, -0.15) is 0 Å². The maximum atomic E-state index is 12.3. The zero-order chi connectivity index (χ0) is 11.0. The molecule has 1 aromatic carbocycles. The van der Waals surface area contributed by atoms with E-state index in [1.165, 1.54) is 4.57 Å². The summed E-state index contributed by atoms with van der Waals surface area (Å²) >= 11 is 3.27. The molecule has 0 amide bonds. The fourth-order valence-corrected chi connectivity index (χ4v) is 1.79. The third kappa shape index (κ3) is 1.94. The summed E-state index contributed by atoms with van der Waals surface area (Å²) < 4.78 is 26.7. The van der Waals surface area contributed by atoms with Crippen LogP contribution in [0.5, 0.6) is 0 Å². The number of aromatic nitrogens is 2. The number of nitrogens with two attached hydrogens (primary N) is 1. The zero-order valence-corrected chi connectivity index (χ0v) is 9.21. The van der Waals surface area contributed by atoms with Crippen LogP contribution in [0, 0.1) is 0 Å². The molecule has 0 radical (unpaired) electrons. The second-order valence-corrected chi connectivity index (χ2v) is 4.02. The number of imidazole rings is 1. The average molecular weight is 276 g/mol. The van der Waals surface area contributed by atoms with E-state index in [-0.39, 0.29) is 5.95 Å². The van der Waals surface area contributed by atoms with Gasteiger partial charge in [0, 0.05) is 4.47 Å². The van der Waals surface area contributed by atoms with Crippen molar-refractivity contribution in [3.8, 4) is 0 Å². The van der Waals surface area contributed by atoms with Gasteiger partial charge in [-0.25, -0.2) is 13.8 Å². The highest BCUT2D eigenvalue weighted by atomic mass is 79.9. The molecule has 3 nitrogen and oxygen atoms in total. The van der Waals surface area contributed by atoms with Crippen LogP contribution in [0.25, 0.3) is 11.0 Å². The number of rotatable bonds is 2. The number of fused-ring (bicyclic) bond motifs is 1. The molecule has 2 rings (SSSR count). The molecule has 1 heterocycles. The second kappa shape index (κ2) is 3.77. The van der Waals surface area contributed by atoms with Gasteiger partial charge in [-0.15, -0.1) is 0 Å². The van der Waals surface area contributed by atoms with Gasteiger partial charge >= 0.3 is 0 Å². The van der Waals surface area contributed by atoms with Crippen LogP contribution in [0.2, 0.25) is 0 Å². The highest BCUT2D eigenvalue weighted by Gasteiger charge is 2.12. The number of hydrogen-bond donors (Lipinski definition) is 1. The van der Waals surface area contributed by atoms with Crippen molar-refractivity contribution in [2.75, 3.05) is 5.73 Å². The maximum absolute atomic E-state index is 12.3. The summed E-state index contributed by atoms with van der Waals surface area (Å²) in [5, 5.41) is 0. The van der Waals surface area contributed by atoms with Crippen molar-refractivity contribution in [3.05, 3.63) is 22.7 Å². The fourth-order valence-electron chi connectivity index (χ4n) is 1.44. The Hall–Kier alpha value is -1.17. The number of benzene rings is 1. The topological polar surface area (TPSA) is 43.8 Å². The standard InChI is InChI=1S/C9H8BrF2N3/c10-5-1-2-6-7(3-5)15(4-8(11)12)9(13)14-6/h1-3,8H,4H2,(H2,13,14). The van der Waals surface area contributed by atoms with Crippen LogP contribution in [0.15, 0.2) is 22.7 Å². The van der Waals surface area contributed by atoms with Crippen LogP contribution in [0.3, 0.4) is 0 Å². The second-order valence-electron chi connectivity index (χ2n) is 3.10. The lowest BCUT2D eigenvalue weighted by Gasteiger charge is -2.04. The van der Waals surface area contributed by atoms with E-state index in [1.807, 2.05) is 0 Å². The van der Waals surface area contributed by atoms with Gasteiger partial charge in [0.15, 0.2) is 0 Å². The molecule has 0 unspecified atom stereocenters. The van der Waals surface area contributed by atoms with E-state index in [0.29, 0.717) is 11.0 Å². The van der Waals surface area contributed by atoms with Gasteiger partial charge in [-0.1, -0.05) is 15.9 Å². The van der Waals surface area contributed by atoms with Crippen LogP contribution < -0.4 is 5.73 Å². The summed E-state index contributed by atoms with van der Waals surface area (Å²) in [6, 6.07) is 5.25. The first kappa shape index (κ1) is 10.4. The molecule has 2 N–H and O–H groups in total. The third-order valence-electron chi connectivity index (χ3n) is 2.06. The summed E-state index contributed by atoms with van der Waals surface area (Å²) in [5.74, 6) is 0.114. The number of alkyl halides is 2. The average Bonchev–Trinajstić information content (AvgIpc) is 2.43. The zero-order valence-electron chi connectivity index (χ0n) is 7.62. The van der Waals surface area contributed by atoms with Crippen molar-refractivity contribution in [2.45, 2.75) is 13.0 Å². The minimum Gasteiger partial charge on any atom is -0.369 e. The van der Waals surface area contributed by atoms with Crippen molar-refractivity contribution in [3.63, 3.8) is 0 Å². The molecule has 0 bridgehead atoms. The summed E-state index contributed by atoms with van der Waals surface area (Å²) in [5.41, 5.74) is 6.79. The maximum Gasteiger partial charge on any atom is 0.256 e. The summed E-state index contributed by atoms with van der Waals surface area (Å²) in [6.07, 6.45) is -2.44. The van der Waals surface area contributed by atoms with E-state index >= 15 is 0 Å². The summed E-state index contributed by atoms with van der Waals surface area (Å²) in [7, 11) is 0. The molecule has 0 atom stereocenters. The lowest BCUT2D eigenvalue weighted by molar-refractivity contribution is 0.128. The first-order chi connectivity index (χ1) is 7.08. The van der Waals surface area contributed by atoms with Gasteiger partial charge in [0.25, 0.3) is 6.43 Å². The van der Waals surface area contributed by atoms with Crippen LogP contribution in [-0.4, -0.2) is 16.0 Å². The SMILES string of the molecule is Nc1nc2ccc(Br)cc2n1CC(F)F. The van der Waals surface area contributed by atoms with E-state index in [1.54, 1.807) is 18.2 Å². The predicted molar refractivity (Wildman–Crippen MR) is 57.8 cm³/mol. The van der Waals surface area contributed by atoms with Gasteiger partial charge in [-0.3, -0.25) is 0 Å². The molecule has 1 aromatic heterocycles. The van der Waals surface area contributed by atoms with Gasteiger partial charge < -0.3 is 10.3 Å². The van der Waals surface area contributed by atoms with E-state index in [2.05, 4.69) is 20.9 Å². The smallest absolute Gasteiger partial charge is 0.256 e. The van der Waals surface area contributed by atoms with E-state index in [9.17, 15) is 8.78 Å². The van der Waals surface area contributed by atoms with Crippen molar-refractivity contribution in [1.82, 2.24) is 9.55 Å². The molecule has 2 aromatic rings. The normalized spacial score (nSPS) is 11.5. The Bertz CT molecular complexity index is 495. The first-order valence-corrected chi connectivity index (χ1v) is 5.06. The molecule has 0 spiro atoms. The lowest BCUT2D eigenvalue weighted by atomic mass is 10.3. The summed E-state index contributed by atoms with van der Waals surface area (Å²) in [4.78, 5) is 3.99. The number of nitrogen functional groups attached to an aromatic ring is 1. The minimum atomic E-state index is -2.44. The van der Waals surface area contributed by atoms with E-state index in [0.717, 1.165) is 4.47 Å². The highest BCUT2D eigenvalue weighted by molar-refractivity contribution is 9.10. The first-order valence-electron chi connectivity index (χ1n) is 4.27. The van der Waals surface area contributed by atoms with Crippen LogP contribution >= 0.6 is 15.9 Å². The molecule has 0 aliphatic heterocycles. The lowest BCUT2D eigenvalue weighted by Crippen LogP contribution is -2.09. The molecular weight excluding hydrogens is 268 g/mol. The predicted octanol–water partition coefficient (Wildman–Crippen LogP) is 2.65. The Balaban J connectivity index is 2.60. The number of nitrogens with zero attached hydrogens (tertiary/aromatic N) is 2. The molecule has 0 aliphatic rings. The summed E-state index contributed by atoms with van der Waals surface area (Å²) in [6.45, 7) is -0.432. The van der Waals surface area contributed by atoms with Crippen LogP contribution in [-0.2, 0) is 6.54 Å². The Morgan fingerprint density at radius 3 is 2.87 bits per heavy atom. The molecule has 15 heavy (non-hydrogen) atoms. The van der Waals surface area contributed by atoms with Crippen LogP contribution in [0.4, 0.5) is 14.7 Å². The van der Waals surface area contributed by atoms with Gasteiger partial charge in [-0.05, 0) is 18.2 Å². The van der Waals surface area contributed by atoms with Crippen molar-refractivity contribution in [1.29, 1.82) is 0 Å². The molecule has 0 saturated heterocycles. The van der Waals surface area contributed by atoms with E-state index < -0.39 is 13.0 Å².